The van der Waals surface area contributed by atoms with Gasteiger partial charge < -0.3 is 15.6 Å². The smallest absolute Gasteiger partial charge is 0.341 e. The van der Waals surface area contributed by atoms with Crippen molar-refractivity contribution in [2.45, 2.75) is 12.5 Å². The van der Waals surface area contributed by atoms with E-state index in [1.54, 1.807) is 0 Å². The van der Waals surface area contributed by atoms with Crippen molar-refractivity contribution in [3.05, 3.63) is 53.0 Å². The average molecular weight is 485 g/mol. The molecule has 1 aliphatic rings. The van der Waals surface area contributed by atoms with Gasteiger partial charge in [0.1, 0.15) is 11.2 Å². The van der Waals surface area contributed by atoms with Crippen LogP contribution in [0.25, 0.3) is 11.9 Å². The summed E-state index contributed by atoms with van der Waals surface area (Å²) in [5, 5.41) is 8.56. The number of aliphatic carboxylic acids is 1. The summed E-state index contributed by atoms with van der Waals surface area (Å²) in [5.74, 6) is -6.15. The third-order valence-electron chi connectivity index (χ3n) is 4.71. The third kappa shape index (κ3) is 5.05. The van der Waals surface area contributed by atoms with Crippen LogP contribution in [0.4, 0.5) is 13.2 Å². The number of hydrogen-bond donors (Lipinski definition) is 2. The van der Waals surface area contributed by atoms with Gasteiger partial charge in [0, 0.05) is 12.6 Å². The number of carbonyl (C=O) groups is 1. The molecule has 2 heterocycles. The van der Waals surface area contributed by atoms with Crippen molar-refractivity contribution in [3.63, 3.8) is 0 Å². The minimum absolute atomic E-state index is 0.138. The lowest BCUT2D eigenvalue weighted by Crippen LogP contribution is -2.50. The van der Waals surface area contributed by atoms with E-state index in [4.69, 9.17) is 15.6 Å². The van der Waals surface area contributed by atoms with Crippen LogP contribution in [-0.2, 0) is 20.4 Å². The molecule has 2 aromatic rings. The fraction of sp³-hybridized carbons (Fsp3) is 0.263. The fourth-order valence-corrected chi connectivity index (χ4v) is 4.49. The van der Waals surface area contributed by atoms with Gasteiger partial charge in [-0.3, -0.25) is 0 Å². The second kappa shape index (κ2) is 8.69. The Bertz CT molecular complexity index is 1270. The van der Waals surface area contributed by atoms with Gasteiger partial charge in [0.25, 0.3) is 0 Å². The van der Waals surface area contributed by atoms with E-state index in [0.29, 0.717) is 0 Å². The molecule has 1 aromatic heterocycles. The number of nitrogens with two attached hydrogens (primary N) is 1. The number of benzene rings is 1. The van der Waals surface area contributed by atoms with Gasteiger partial charge in [-0.25, -0.2) is 45.6 Å². The highest BCUT2D eigenvalue weighted by Gasteiger charge is 2.42. The Labute approximate surface area is 186 Å². The van der Waals surface area contributed by atoms with E-state index in [9.17, 15) is 26.4 Å². The molecular formula is C19H18F3N5O5S. The van der Waals surface area contributed by atoms with E-state index in [2.05, 4.69) is 15.0 Å². The van der Waals surface area contributed by atoms with Crippen molar-refractivity contribution < 1.29 is 36.2 Å². The molecule has 1 aromatic carbocycles. The van der Waals surface area contributed by atoms with Crippen LogP contribution in [-0.4, -0.2) is 59.1 Å². The van der Waals surface area contributed by atoms with Crippen molar-refractivity contribution in [1.29, 1.82) is 0 Å². The van der Waals surface area contributed by atoms with Crippen LogP contribution in [0.2, 0.25) is 0 Å². The van der Waals surface area contributed by atoms with Crippen molar-refractivity contribution in [2.24, 2.45) is 10.7 Å². The van der Waals surface area contributed by atoms with Crippen molar-refractivity contribution >= 4 is 33.9 Å². The maximum absolute atomic E-state index is 14.7. The molecule has 33 heavy (non-hydrogen) atoms. The monoisotopic (exact) mass is 485 g/mol. The average Bonchev–Trinajstić information content (AvgIpc) is 2.72. The quantitative estimate of drug-likeness (QED) is 0.625. The number of carboxylic acids is 1. The first-order valence-corrected chi connectivity index (χ1v) is 10.8. The summed E-state index contributed by atoms with van der Waals surface area (Å²) >= 11 is 0. The minimum atomic E-state index is -3.96. The largest absolute Gasteiger partial charge is 0.479 e. The predicted octanol–water partition coefficient (Wildman–Crippen LogP) is 1.49. The van der Waals surface area contributed by atoms with E-state index >= 15 is 0 Å². The predicted molar refractivity (Wildman–Crippen MR) is 111 cm³/mol. The van der Waals surface area contributed by atoms with E-state index in [1.165, 1.54) is 14.0 Å². The molecule has 0 amide bonds. The van der Waals surface area contributed by atoms with Gasteiger partial charge >= 0.3 is 5.97 Å². The molecule has 0 aliphatic carbocycles. The van der Waals surface area contributed by atoms with E-state index in [0.717, 1.165) is 34.9 Å². The molecule has 10 nitrogen and oxygen atoms in total. The van der Waals surface area contributed by atoms with Crippen LogP contribution in [0.5, 0.6) is 5.88 Å². The highest BCUT2D eigenvalue weighted by Crippen LogP contribution is 2.35. The van der Waals surface area contributed by atoms with Crippen molar-refractivity contribution in [2.75, 3.05) is 19.4 Å². The molecule has 1 unspecified atom stereocenters. The lowest BCUT2D eigenvalue weighted by Gasteiger charge is -2.34. The molecular weight excluding hydrogens is 467 g/mol. The second-order valence-electron chi connectivity index (χ2n) is 7.25. The molecule has 0 saturated carbocycles. The first-order valence-electron chi connectivity index (χ1n) is 9.18. The highest BCUT2D eigenvalue weighted by atomic mass is 32.2. The summed E-state index contributed by atoms with van der Waals surface area (Å²) in [6.07, 6.45) is 2.79. The Morgan fingerprint density at radius 1 is 1.33 bits per heavy atom. The minimum Gasteiger partial charge on any atom is -0.479 e. The molecule has 0 radical (unpaired) electrons. The number of sulfonamides is 1. The number of hydrogen-bond acceptors (Lipinski definition) is 8. The zero-order valence-corrected chi connectivity index (χ0v) is 18.1. The molecule has 1 aliphatic heterocycles. The summed E-state index contributed by atoms with van der Waals surface area (Å²) in [7, 11) is -2.78. The molecule has 1 atom stereocenters. The number of rotatable bonds is 6. The Hall–Kier alpha value is -3.68. The van der Waals surface area contributed by atoms with Gasteiger partial charge in [-0.2, -0.15) is 0 Å². The SMILES string of the molecule is CN1C(N)=NC(C)(c2cc(C=C(F)c3cnc(OCC(=O)O)cn3)cc(F)c2F)CS1(=O)=O. The highest BCUT2D eigenvalue weighted by molar-refractivity contribution is 7.89. The summed E-state index contributed by atoms with van der Waals surface area (Å²) in [6.45, 7) is 0.606. The number of carboxylic acid groups (broad SMARTS) is 1. The van der Waals surface area contributed by atoms with E-state index < -0.39 is 62.9 Å². The Morgan fingerprint density at radius 2 is 2.03 bits per heavy atom. The second-order valence-corrected chi connectivity index (χ2v) is 9.25. The zero-order valence-electron chi connectivity index (χ0n) is 17.3. The van der Waals surface area contributed by atoms with Gasteiger partial charge in [-0.15, -0.1) is 0 Å². The normalized spacial score (nSPS) is 20.3. The van der Waals surface area contributed by atoms with E-state index in [1.807, 2.05) is 0 Å². The molecule has 14 heteroatoms. The van der Waals surface area contributed by atoms with Crippen LogP contribution in [0, 0.1) is 11.6 Å². The van der Waals surface area contributed by atoms with Gasteiger partial charge in [0.2, 0.25) is 21.9 Å². The van der Waals surface area contributed by atoms with Gasteiger partial charge in [0.05, 0.1) is 18.1 Å². The van der Waals surface area contributed by atoms with Crippen molar-refractivity contribution in [3.8, 4) is 5.88 Å². The molecule has 0 bridgehead atoms. The van der Waals surface area contributed by atoms with Crippen LogP contribution in [0.15, 0.2) is 29.5 Å². The number of nitrogens with zero attached hydrogens (tertiary/aromatic N) is 4. The van der Waals surface area contributed by atoms with Crippen LogP contribution < -0.4 is 10.5 Å². The molecule has 3 rings (SSSR count). The number of guanidine groups is 1. The van der Waals surface area contributed by atoms with Gasteiger partial charge in [-0.05, 0) is 30.7 Å². The standard InChI is InChI=1S/C19H18F3N5O5S/c1-19(9-33(30,31)27(2)18(23)26-19)11-3-10(5-13(21)17(11)22)4-12(20)14-6-25-15(7-24-14)32-8-16(28)29/h3-7H,8-9H2,1-2H3,(H2,23,26)(H,28,29). The summed E-state index contributed by atoms with van der Waals surface area (Å²) < 4.78 is 73.9. The molecule has 176 valence electrons. The topological polar surface area (TPSA) is 148 Å². The maximum atomic E-state index is 14.7. The number of halogens is 3. The Morgan fingerprint density at radius 3 is 2.61 bits per heavy atom. The number of ether oxygens (including phenoxy) is 1. The summed E-state index contributed by atoms with van der Waals surface area (Å²) in [4.78, 5) is 22.0. The molecule has 0 spiro atoms. The summed E-state index contributed by atoms with van der Waals surface area (Å²) in [6, 6.07) is 1.78. The van der Waals surface area contributed by atoms with Gasteiger partial charge in [0.15, 0.2) is 24.1 Å². The number of aromatic nitrogens is 2. The molecule has 3 N–H and O–H groups in total. The zero-order chi connectivity index (χ0) is 24.6. The fourth-order valence-electron chi connectivity index (χ4n) is 3.04. The third-order valence-corrected chi connectivity index (χ3v) is 6.65. The first kappa shape index (κ1) is 24.0. The Balaban J connectivity index is 1.98. The van der Waals surface area contributed by atoms with Gasteiger partial charge in [-0.1, -0.05) is 0 Å². The van der Waals surface area contributed by atoms with Crippen LogP contribution in [0.1, 0.15) is 23.7 Å². The maximum Gasteiger partial charge on any atom is 0.341 e. The molecule has 0 fully saturated rings. The summed E-state index contributed by atoms with van der Waals surface area (Å²) in [5.41, 5.74) is 3.03. The Kier molecular flexibility index (Phi) is 6.31. The van der Waals surface area contributed by atoms with Crippen molar-refractivity contribution in [1.82, 2.24) is 14.3 Å². The van der Waals surface area contributed by atoms with Crippen LogP contribution >= 0.6 is 0 Å². The molecule has 0 saturated heterocycles. The first-order chi connectivity index (χ1) is 15.3. The number of aliphatic imine (C=N–C) groups is 1. The van der Waals surface area contributed by atoms with Crippen LogP contribution in [0.3, 0.4) is 0 Å². The lowest BCUT2D eigenvalue weighted by atomic mass is 9.92. The lowest BCUT2D eigenvalue weighted by molar-refractivity contribution is -0.139. The van der Waals surface area contributed by atoms with E-state index in [-0.39, 0.29) is 17.1 Å².